The molecule has 1 aliphatic rings. The molecule has 0 spiro atoms. The Morgan fingerprint density at radius 3 is 2.50 bits per heavy atom. The molecule has 1 aliphatic carbocycles. The van der Waals surface area contributed by atoms with Crippen LogP contribution in [0.25, 0.3) is 0 Å². The molecule has 0 aliphatic heterocycles. The molecule has 1 fully saturated rings. The highest BCUT2D eigenvalue weighted by Gasteiger charge is 2.20. The first-order chi connectivity index (χ1) is 9.74. The fraction of sp³-hybridized carbons (Fsp3) is 0.700. The standard InChI is InChI=1S/C20H32/c1-4-8-17(5-2)12-14-19-13-11-16(3)15-20(19)18-9-6-7-10-18/h11,13,15,17-18H,4-10,12,14H2,1-3H3. The van der Waals surface area contributed by atoms with Crippen LogP contribution in [0.4, 0.5) is 0 Å². The van der Waals surface area contributed by atoms with Crippen LogP contribution in [-0.2, 0) is 6.42 Å². The fourth-order valence-corrected chi connectivity index (χ4v) is 3.88. The Morgan fingerprint density at radius 2 is 1.85 bits per heavy atom. The molecular weight excluding hydrogens is 240 g/mol. The van der Waals surface area contributed by atoms with Gasteiger partial charge in [-0.2, -0.15) is 0 Å². The van der Waals surface area contributed by atoms with E-state index in [4.69, 9.17) is 0 Å². The molecular formula is C20H32. The van der Waals surface area contributed by atoms with Crippen LogP contribution in [-0.4, -0.2) is 0 Å². The van der Waals surface area contributed by atoms with Crippen molar-refractivity contribution >= 4 is 0 Å². The summed E-state index contributed by atoms with van der Waals surface area (Å²) in [5.41, 5.74) is 4.78. The maximum absolute atomic E-state index is 2.48. The number of hydrogen-bond acceptors (Lipinski definition) is 0. The summed E-state index contributed by atoms with van der Waals surface area (Å²) in [7, 11) is 0. The number of benzene rings is 1. The Kier molecular flexibility index (Phi) is 6.13. The Morgan fingerprint density at radius 1 is 1.10 bits per heavy atom. The molecule has 0 N–H and O–H groups in total. The van der Waals surface area contributed by atoms with Gasteiger partial charge in [-0.1, -0.05) is 69.7 Å². The zero-order valence-corrected chi connectivity index (χ0v) is 13.8. The third-order valence-corrected chi connectivity index (χ3v) is 5.19. The van der Waals surface area contributed by atoms with E-state index >= 15 is 0 Å². The molecule has 0 heteroatoms. The number of rotatable bonds is 7. The smallest absolute Gasteiger partial charge is 0.0159 e. The highest BCUT2D eigenvalue weighted by atomic mass is 14.2. The molecule has 0 heterocycles. The maximum atomic E-state index is 2.48. The molecule has 20 heavy (non-hydrogen) atoms. The zero-order valence-electron chi connectivity index (χ0n) is 13.8. The Labute approximate surface area is 126 Å². The summed E-state index contributed by atoms with van der Waals surface area (Å²) in [5, 5.41) is 0. The lowest BCUT2D eigenvalue weighted by atomic mass is 9.86. The van der Waals surface area contributed by atoms with Crippen LogP contribution in [0.15, 0.2) is 18.2 Å². The van der Waals surface area contributed by atoms with E-state index < -0.39 is 0 Å². The maximum Gasteiger partial charge on any atom is -0.0159 e. The SMILES string of the molecule is CCCC(CC)CCc1ccc(C)cc1C1CCCC1. The quantitative estimate of drug-likeness (QED) is 0.538. The van der Waals surface area contributed by atoms with Gasteiger partial charge in [0, 0.05) is 0 Å². The minimum absolute atomic E-state index is 0.858. The summed E-state index contributed by atoms with van der Waals surface area (Å²) >= 11 is 0. The van der Waals surface area contributed by atoms with Gasteiger partial charge in [-0.05, 0) is 55.6 Å². The van der Waals surface area contributed by atoms with Crippen LogP contribution in [0, 0.1) is 12.8 Å². The van der Waals surface area contributed by atoms with Crippen LogP contribution < -0.4 is 0 Å². The van der Waals surface area contributed by atoms with Gasteiger partial charge in [-0.3, -0.25) is 0 Å². The molecule has 1 aromatic carbocycles. The van der Waals surface area contributed by atoms with Crippen molar-refractivity contribution in [2.45, 2.75) is 84.5 Å². The van der Waals surface area contributed by atoms with Gasteiger partial charge in [-0.25, -0.2) is 0 Å². The van der Waals surface area contributed by atoms with Crippen molar-refractivity contribution in [1.29, 1.82) is 0 Å². The van der Waals surface area contributed by atoms with Gasteiger partial charge >= 0.3 is 0 Å². The second kappa shape index (κ2) is 7.86. The Hall–Kier alpha value is -0.780. The van der Waals surface area contributed by atoms with Crippen LogP contribution in [0.1, 0.15) is 87.8 Å². The van der Waals surface area contributed by atoms with E-state index in [9.17, 15) is 0 Å². The van der Waals surface area contributed by atoms with E-state index in [1.54, 1.807) is 11.1 Å². The third kappa shape index (κ3) is 4.11. The molecule has 1 aromatic rings. The van der Waals surface area contributed by atoms with Gasteiger partial charge < -0.3 is 0 Å². The summed E-state index contributed by atoms with van der Waals surface area (Å²) in [6, 6.07) is 7.21. The predicted octanol–water partition coefficient (Wildman–Crippen LogP) is 6.41. The average Bonchev–Trinajstić information content (AvgIpc) is 2.98. The third-order valence-electron chi connectivity index (χ3n) is 5.19. The summed E-state index contributed by atoms with van der Waals surface area (Å²) in [5.74, 6) is 1.79. The molecule has 0 aromatic heterocycles. The first kappa shape index (κ1) is 15.6. The van der Waals surface area contributed by atoms with Gasteiger partial charge in [0.05, 0.1) is 0 Å². The van der Waals surface area contributed by atoms with Crippen molar-refractivity contribution in [3.05, 3.63) is 34.9 Å². The second-order valence-electron chi connectivity index (χ2n) is 6.79. The van der Waals surface area contributed by atoms with Crippen molar-refractivity contribution in [2.75, 3.05) is 0 Å². The first-order valence-electron chi connectivity index (χ1n) is 8.84. The van der Waals surface area contributed by atoms with E-state index in [1.807, 2.05) is 0 Å². The molecule has 0 nitrogen and oxygen atoms in total. The minimum Gasteiger partial charge on any atom is -0.0654 e. The van der Waals surface area contributed by atoms with Crippen molar-refractivity contribution in [2.24, 2.45) is 5.92 Å². The van der Waals surface area contributed by atoms with Crippen molar-refractivity contribution < 1.29 is 0 Å². The molecule has 1 saturated carbocycles. The van der Waals surface area contributed by atoms with Gasteiger partial charge in [0.1, 0.15) is 0 Å². The Balaban J connectivity index is 2.06. The van der Waals surface area contributed by atoms with Gasteiger partial charge in [0.25, 0.3) is 0 Å². The van der Waals surface area contributed by atoms with Crippen LogP contribution in [0.3, 0.4) is 0 Å². The van der Waals surface area contributed by atoms with E-state index in [1.165, 1.54) is 63.4 Å². The summed E-state index contributed by atoms with van der Waals surface area (Å²) in [4.78, 5) is 0. The molecule has 0 radical (unpaired) electrons. The first-order valence-corrected chi connectivity index (χ1v) is 8.84. The fourth-order valence-electron chi connectivity index (χ4n) is 3.88. The normalized spacial score (nSPS) is 17.6. The van der Waals surface area contributed by atoms with Crippen LogP contribution in [0.2, 0.25) is 0 Å². The van der Waals surface area contributed by atoms with E-state index in [2.05, 4.69) is 39.0 Å². The molecule has 0 amide bonds. The molecule has 112 valence electrons. The molecule has 1 atom stereocenters. The molecule has 1 unspecified atom stereocenters. The van der Waals surface area contributed by atoms with Gasteiger partial charge in [-0.15, -0.1) is 0 Å². The average molecular weight is 272 g/mol. The lowest BCUT2D eigenvalue weighted by molar-refractivity contribution is 0.431. The molecule has 0 saturated heterocycles. The highest BCUT2D eigenvalue weighted by Crippen LogP contribution is 2.37. The van der Waals surface area contributed by atoms with Crippen LogP contribution in [0.5, 0.6) is 0 Å². The largest absolute Gasteiger partial charge is 0.0654 e. The van der Waals surface area contributed by atoms with Crippen LogP contribution >= 0.6 is 0 Å². The van der Waals surface area contributed by atoms with Crippen molar-refractivity contribution in [1.82, 2.24) is 0 Å². The van der Waals surface area contributed by atoms with Crippen molar-refractivity contribution in [3.8, 4) is 0 Å². The lowest BCUT2D eigenvalue weighted by Gasteiger charge is -2.19. The topological polar surface area (TPSA) is 0 Å². The van der Waals surface area contributed by atoms with Crippen molar-refractivity contribution in [3.63, 3.8) is 0 Å². The predicted molar refractivity (Wildman–Crippen MR) is 89.4 cm³/mol. The number of hydrogen-bond donors (Lipinski definition) is 0. The lowest BCUT2D eigenvalue weighted by Crippen LogP contribution is -2.05. The van der Waals surface area contributed by atoms with Gasteiger partial charge in [0.2, 0.25) is 0 Å². The monoisotopic (exact) mass is 272 g/mol. The Bertz CT molecular complexity index is 398. The molecule has 2 rings (SSSR count). The number of aryl methyl sites for hydroxylation is 2. The minimum atomic E-state index is 0.858. The second-order valence-corrected chi connectivity index (χ2v) is 6.79. The van der Waals surface area contributed by atoms with E-state index in [0.717, 1.165) is 11.8 Å². The van der Waals surface area contributed by atoms with E-state index in [-0.39, 0.29) is 0 Å². The summed E-state index contributed by atoms with van der Waals surface area (Å²) < 4.78 is 0. The summed E-state index contributed by atoms with van der Waals surface area (Å²) in [6.45, 7) is 6.92. The van der Waals surface area contributed by atoms with E-state index in [0.29, 0.717) is 0 Å². The summed E-state index contributed by atoms with van der Waals surface area (Å²) in [6.07, 6.45) is 12.5. The van der Waals surface area contributed by atoms with Gasteiger partial charge in [0.15, 0.2) is 0 Å². The highest BCUT2D eigenvalue weighted by molar-refractivity contribution is 5.35. The zero-order chi connectivity index (χ0) is 14.4. The molecule has 0 bridgehead atoms.